The van der Waals surface area contributed by atoms with Gasteiger partial charge in [0.2, 0.25) is 5.91 Å². The van der Waals surface area contributed by atoms with Crippen molar-refractivity contribution in [1.29, 1.82) is 0 Å². The summed E-state index contributed by atoms with van der Waals surface area (Å²) in [7, 11) is 0. The number of aromatic nitrogens is 2. The van der Waals surface area contributed by atoms with E-state index in [2.05, 4.69) is 21.0 Å². The highest BCUT2D eigenvalue weighted by atomic mass is 79.9. The van der Waals surface area contributed by atoms with Crippen LogP contribution in [0.15, 0.2) is 33.4 Å². The Labute approximate surface area is 132 Å². The predicted octanol–water partition coefficient (Wildman–Crippen LogP) is 3.13. The minimum Gasteiger partial charge on any atom is -0.464 e. The van der Waals surface area contributed by atoms with Gasteiger partial charge in [0.25, 0.3) is 0 Å². The van der Waals surface area contributed by atoms with E-state index >= 15 is 0 Å². The van der Waals surface area contributed by atoms with Crippen LogP contribution in [0, 0.1) is 6.92 Å². The van der Waals surface area contributed by atoms with Crippen molar-refractivity contribution in [2.24, 2.45) is 0 Å². The molecule has 0 N–H and O–H groups in total. The van der Waals surface area contributed by atoms with Crippen molar-refractivity contribution in [3.05, 3.63) is 40.5 Å². The molecule has 1 aliphatic carbocycles. The van der Waals surface area contributed by atoms with Gasteiger partial charge in [-0.05, 0) is 47.8 Å². The van der Waals surface area contributed by atoms with Crippen molar-refractivity contribution in [2.45, 2.75) is 45.3 Å². The fourth-order valence-electron chi connectivity index (χ4n) is 2.36. The van der Waals surface area contributed by atoms with E-state index < -0.39 is 0 Å². The molecule has 6 heteroatoms. The second-order valence-corrected chi connectivity index (χ2v) is 6.35. The first-order chi connectivity index (χ1) is 10.1. The van der Waals surface area contributed by atoms with Gasteiger partial charge < -0.3 is 9.32 Å². The average Bonchev–Trinajstić information content (AvgIpc) is 3.09. The SMILES string of the molecule is Cc1ccc(CN(C(=O)CCn2cc(Br)cn2)C2CC2)o1. The van der Waals surface area contributed by atoms with Gasteiger partial charge in [0.1, 0.15) is 11.5 Å². The van der Waals surface area contributed by atoms with Crippen molar-refractivity contribution < 1.29 is 9.21 Å². The number of furan rings is 1. The summed E-state index contributed by atoms with van der Waals surface area (Å²) in [5.74, 6) is 1.90. The molecule has 112 valence electrons. The van der Waals surface area contributed by atoms with Gasteiger partial charge in [-0.1, -0.05) is 0 Å². The number of nitrogens with zero attached hydrogens (tertiary/aromatic N) is 3. The lowest BCUT2D eigenvalue weighted by atomic mass is 10.3. The third-order valence-corrected chi connectivity index (χ3v) is 4.00. The summed E-state index contributed by atoms with van der Waals surface area (Å²) in [6.07, 6.45) is 6.27. The standard InChI is InChI=1S/C15H18BrN3O2/c1-11-2-5-14(21-11)10-19(13-3-4-13)15(20)6-7-18-9-12(16)8-17-18/h2,5,8-9,13H,3-4,6-7,10H2,1H3. The van der Waals surface area contributed by atoms with Crippen LogP contribution in [0.2, 0.25) is 0 Å². The molecule has 0 aromatic carbocycles. The molecule has 0 spiro atoms. The second-order valence-electron chi connectivity index (χ2n) is 5.44. The Balaban J connectivity index is 1.59. The molecule has 0 aliphatic heterocycles. The predicted molar refractivity (Wildman–Crippen MR) is 81.6 cm³/mol. The molecule has 1 aliphatic rings. The van der Waals surface area contributed by atoms with E-state index in [-0.39, 0.29) is 5.91 Å². The third-order valence-electron chi connectivity index (χ3n) is 3.59. The molecule has 1 fully saturated rings. The molecule has 21 heavy (non-hydrogen) atoms. The molecule has 5 nitrogen and oxygen atoms in total. The number of aryl methyl sites for hydroxylation is 2. The molecule has 3 rings (SSSR count). The van der Waals surface area contributed by atoms with Gasteiger partial charge in [-0.3, -0.25) is 9.48 Å². The first-order valence-corrected chi connectivity index (χ1v) is 7.94. The maximum atomic E-state index is 12.4. The fourth-order valence-corrected chi connectivity index (χ4v) is 2.69. The summed E-state index contributed by atoms with van der Waals surface area (Å²) in [4.78, 5) is 14.4. The molecule has 2 heterocycles. The smallest absolute Gasteiger partial charge is 0.225 e. The normalized spacial score (nSPS) is 14.4. The van der Waals surface area contributed by atoms with Gasteiger partial charge in [0, 0.05) is 25.2 Å². The van der Waals surface area contributed by atoms with Crippen LogP contribution < -0.4 is 0 Å². The topological polar surface area (TPSA) is 51.3 Å². The number of carbonyl (C=O) groups excluding carboxylic acids is 1. The van der Waals surface area contributed by atoms with Crippen LogP contribution in [0.5, 0.6) is 0 Å². The van der Waals surface area contributed by atoms with Crippen LogP contribution in [0.1, 0.15) is 30.8 Å². The zero-order valence-electron chi connectivity index (χ0n) is 12.0. The summed E-state index contributed by atoms with van der Waals surface area (Å²) >= 11 is 3.36. The number of amides is 1. The lowest BCUT2D eigenvalue weighted by Gasteiger charge is -2.21. The Kier molecular flexibility index (Phi) is 4.14. The molecule has 0 unspecified atom stereocenters. The fraction of sp³-hybridized carbons (Fsp3) is 0.467. The van der Waals surface area contributed by atoms with Crippen molar-refractivity contribution in [3.63, 3.8) is 0 Å². The van der Waals surface area contributed by atoms with E-state index in [4.69, 9.17) is 4.42 Å². The number of halogens is 1. The highest BCUT2D eigenvalue weighted by molar-refractivity contribution is 9.10. The van der Waals surface area contributed by atoms with Gasteiger partial charge in [-0.15, -0.1) is 0 Å². The van der Waals surface area contributed by atoms with E-state index in [1.54, 1.807) is 10.9 Å². The number of rotatable bonds is 6. The van der Waals surface area contributed by atoms with E-state index in [0.29, 0.717) is 25.6 Å². The Hall–Kier alpha value is -1.56. The Morgan fingerprint density at radius 3 is 2.90 bits per heavy atom. The van der Waals surface area contributed by atoms with E-state index in [9.17, 15) is 4.79 Å². The van der Waals surface area contributed by atoms with E-state index in [1.807, 2.05) is 30.2 Å². The minimum absolute atomic E-state index is 0.165. The molecule has 0 radical (unpaired) electrons. The summed E-state index contributed by atoms with van der Waals surface area (Å²) in [6.45, 7) is 3.09. The Morgan fingerprint density at radius 1 is 1.52 bits per heavy atom. The van der Waals surface area contributed by atoms with Gasteiger partial charge in [0.05, 0.1) is 17.2 Å². The number of hydrogen-bond donors (Lipinski definition) is 0. The highest BCUT2D eigenvalue weighted by Crippen LogP contribution is 2.29. The minimum atomic E-state index is 0.165. The molecule has 0 bridgehead atoms. The van der Waals surface area contributed by atoms with Crippen LogP contribution in [0.25, 0.3) is 0 Å². The summed E-state index contributed by atoms with van der Waals surface area (Å²) < 4.78 is 8.30. The van der Waals surface area contributed by atoms with Crippen LogP contribution in [-0.2, 0) is 17.9 Å². The van der Waals surface area contributed by atoms with Crippen molar-refractivity contribution in [2.75, 3.05) is 0 Å². The Bertz CT molecular complexity index is 630. The summed E-state index contributed by atoms with van der Waals surface area (Å²) in [5.41, 5.74) is 0. The van der Waals surface area contributed by atoms with E-state index in [1.165, 1.54) is 0 Å². The highest BCUT2D eigenvalue weighted by Gasteiger charge is 2.32. The lowest BCUT2D eigenvalue weighted by molar-refractivity contribution is -0.133. The van der Waals surface area contributed by atoms with Crippen LogP contribution in [0.3, 0.4) is 0 Å². The second kappa shape index (κ2) is 6.05. The van der Waals surface area contributed by atoms with Crippen LogP contribution >= 0.6 is 15.9 Å². The molecule has 2 aromatic rings. The van der Waals surface area contributed by atoms with Crippen LogP contribution in [-0.4, -0.2) is 26.6 Å². The summed E-state index contributed by atoms with van der Waals surface area (Å²) in [5, 5.41) is 4.18. The number of carbonyl (C=O) groups is 1. The number of hydrogen-bond acceptors (Lipinski definition) is 3. The van der Waals surface area contributed by atoms with Gasteiger partial charge in [0.15, 0.2) is 0 Å². The molecule has 1 amide bonds. The lowest BCUT2D eigenvalue weighted by Crippen LogP contribution is -2.33. The van der Waals surface area contributed by atoms with Gasteiger partial charge in [-0.25, -0.2) is 0 Å². The monoisotopic (exact) mass is 351 g/mol. The molecule has 0 saturated heterocycles. The Morgan fingerprint density at radius 2 is 2.33 bits per heavy atom. The van der Waals surface area contributed by atoms with Crippen molar-refractivity contribution in [1.82, 2.24) is 14.7 Å². The first-order valence-electron chi connectivity index (χ1n) is 7.14. The molecule has 0 atom stereocenters. The molecule has 2 aromatic heterocycles. The summed E-state index contributed by atoms with van der Waals surface area (Å²) in [6, 6.07) is 4.27. The maximum Gasteiger partial charge on any atom is 0.225 e. The molecular formula is C15H18BrN3O2. The van der Waals surface area contributed by atoms with Gasteiger partial charge in [-0.2, -0.15) is 5.10 Å². The van der Waals surface area contributed by atoms with Crippen molar-refractivity contribution in [3.8, 4) is 0 Å². The molecule has 1 saturated carbocycles. The van der Waals surface area contributed by atoms with Gasteiger partial charge >= 0.3 is 0 Å². The zero-order chi connectivity index (χ0) is 14.8. The molecular weight excluding hydrogens is 334 g/mol. The largest absolute Gasteiger partial charge is 0.464 e. The first kappa shape index (κ1) is 14.4. The van der Waals surface area contributed by atoms with Crippen LogP contribution in [0.4, 0.5) is 0 Å². The third kappa shape index (κ3) is 3.75. The average molecular weight is 352 g/mol. The maximum absolute atomic E-state index is 12.4. The zero-order valence-corrected chi connectivity index (χ0v) is 13.5. The van der Waals surface area contributed by atoms with E-state index in [0.717, 1.165) is 28.8 Å². The quantitative estimate of drug-likeness (QED) is 0.803. The van der Waals surface area contributed by atoms with Crippen molar-refractivity contribution >= 4 is 21.8 Å².